The van der Waals surface area contributed by atoms with Crippen molar-refractivity contribution < 1.29 is 19.1 Å². The first-order chi connectivity index (χ1) is 21.6. The Balaban J connectivity index is 1.53. The number of aryl methyl sites for hydroxylation is 1. The zero-order chi connectivity index (χ0) is 32.0. The van der Waals surface area contributed by atoms with Crippen molar-refractivity contribution in [2.45, 2.75) is 83.5 Å². The Hall–Kier alpha value is -4.65. The molecule has 0 radical (unpaired) electrons. The highest BCUT2D eigenvalue weighted by Crippen LogP contribution is 2.35. The number of amides is 3. The lowest BCUT2D eigenvalue weighted by atomic mass is 9.87. The minimum atomic E-state index is -0.936. The number of hydrogen-bond donors (Lipinski definition) is 2. The second-order valence-electron chi connectivity index (χ2n) is 12.8. The molecule has 7 heteroatoms. The minimum absolute atomic E-state index is 0.144. The quantitative estimate of drug-likeness (QED) is 0.195. The van der Waals surface area contributed by atoms with Crippen molar-refractivity contribution in [3.8, 4) is 0 Å². The average molecular weight is 606 g/mol. The third-order valence-corrected chi connectivity index (χ3v) is 8.24. The van der Waals surface area contributed by atoms with Crippen molar-refractivity contribution >= 4 is 34.4 Å². The maximum Gasteiger partial charge on any atom is 0.408 e. The summed E-state index contributed by atoms with van der Waals surface area (Å²) in [6.07, 6.45) is 2.97. The summed E-state index contributed by atoms with van der Waals surface area (Å²) in [6, 6.07) is 29.3. The van der Waals surface area contributed by atoms with Crippen LogP contribution in [0.4, 0.5) is 10.5 Å². The number of rotatable bonds is 10. The summed E-state index contributed by atoms with van der Waals surface area (Å²) in [7, 11) is 0. The topological polar surface area (TPSA) is 87.7 Å². The molecule has 0 aliphatic heterocycles. The maximum absolute atomic E-state index is 14.7. The van der Waals surface area contributed by atoms with Crippen LogP contribution < -0.4 is 10.6 Å². The normalized spacial score (nSPS) is 14.6. The van der Waals surface area contributed by atoms with E-state index in [0.717, 1.165) is 53.1 Å². The summed E-state index contributed by atoms with van der Waals surface area (Å²) in [5, 5.41) is 8.05. The number of nitrogens with one attached hydrogen (secondary N) is 2. The molecule has 1 saturated carbocycles. The average Bonchev–Trinajstić information content (AvgIpc) is 2.99. The third kappa shape index (κ3) is 8.09. The predicted octanol–water partition coefficient (Wildman–Crippen LogP) is 7.60. The zero-order valence-corrected chi connectivity index (χ0v) is 26.6. The SMILES string of the molecule is CCc1ccc(C(C(=O)Nc2ccc3ccccc3c2)N(C(=O)C(Cc2ccccc2)NC(=O)OC(C)(C)C)C2CCC2)cc1. The molecule has 3 amide bonds. The van der Waals surface area contributed by atoms with E-state index >= 15 is 0 Å². The maximum atomic E-state index is 14.7. The number of anilines is 1. The third-order valence-electron chi connectivity index (χ3n) is 8.24. The highest BCUT2D eigenvalue weighted by Gasteiger charge is 2.42. The van der Waals surface area contributed by atoms with Crippen LogP contribution in [0.1, 0.15) is 69.7 Å². The van der Waals surface area contributed by atoms with E-state index in [0.29, 0.717) is 5.69 Å². The largest absolute Gasteiger partial charge is 0.444 e. The van der Waals surface area contributed by atoms with Crippen LogP contribution in [-0.4, -0.2) is 40.5 Å². The fourth-order valence-electron chi connectivity index (χ4n) is 5.71. The lowest BCUT2D eigenvalue weighted by molar-refractivity contribution is -0.145. The van der Waals surface area contributed by atoms with Crippen molar-refractivity contribution in [3.63, 3.8) is 0 Å². The lowest BCUT2D eigenvalue weighted by Crippen LogP contribution is -2.57. The molecule has 0 bridgehead atoms. The van der Waals surface area contributed by atoms with E-state index in [-0.39, 0.29) is 24.3 Å². The molecule has 2 N–H and O–H groups in total. The Morgan fingerprint density at radius 2 is 1.51 bits per heavy atom. The molecule has 234 valence electrons. The molecule has 0 heterocycles. The van der Waals surface area contributed by atoms with E-state index in [9.17, 15) is 14.4 Å². The molecular weight excluding hydrogens is 562 g/mol. The molecule has 2 atom stereocenters. The van der Waals surface area contributed by atoms with E-state index in [1.54, 1.807) is 25.7 Å². The van der Waals surface area contributed by atoms with Crippen molar-refractivity contribution in [2.75, 3.05) is 5.32 Å². The summed E-state index contributed by atoms with van der Waals surface area (Å²) in [5.74, 6) is -0.613. The highest BCUT2D eigenvalue weighted by molar-refractivity contribution is 6.00. The molecular formula is C38H43N3O4. The Morgan fingerprint density at radius 1 is 0.844 bits per heavy atom. The van der Waals surface area contributed by atoms with Gasteiger partial charge in [0.1, 0.15) is 17.7 Å². The van der Waals surface area contributed by atoms with Gasteiger partial charge in [0.2, 0.25) is 5.91 Å². The number of alkyl carbamates (subject to hydrolysis) is 1. The monoisotopic (exact) mass is 605 g/mol. The number of fused-ring (bicyclic) bond motifs is 1. The van der Waals surface area contributed by atoms with Gasteiger partial charge in [-0.05, 0) is 86.1 Å². The van der Waals surface area contributed by atoms with Crippen molar-refractivity contribution in [1.29, 1.82) is 0 Å². The molecule has 0 aromatic heterocycles. The van der Waals surface area contributed by atoms with E-state index in [2.05, 4.69) is 17.6 Å². The number of hydrogen-bond acceptors (Lipinski definition) is 4. The first kappa shape index (κ1) is 31.8. The van der Waals surface area contributed by atoms with Crippen LogP contribution in [0.25, 0.3) is 10.8 Å². The van der Waals surface area contributed by atoms with Crippen LogP contribution in [0.2, 0.25) is 0 Å². The van der Waals surface area contributed by atoms with Crippen LogP contribution in [0.3, 0.4) is 0 Å². The van der Waals surface area contributed by atoms with Crippen LogP contribution in [0.15, 0.2) is 97.1 Å². The number of benzene rings is 4. The summed E-state index contributed by atoms with van der Waals surface area (Å²) < 4.78 is 5.57. The van der Waals surface area contributed by atoms with Crippen LogP contribution in [0, 0.1) is 0 Å². The molecule has 4 aromatic rings. The molecule has 4 aromatic carbocycles. The standard InChI is InChI=1S/C38H43N3O4/c1-5-26-18-20-29(21-19-26)34(35(42)39-31-23-22-28-14-9-10-15-30(28)25-31)41(32-16-11-17-32)36(43)33(24-27-12-7-6-8-13-27)40-37(44)45-38(2,3)4/h6-10,12-15,18-23,25,32-34H,5,11,16-17,24H2,1-4H3,(H,39,42)(H,40,44). The van der Waals surface area contributed by atoms with Crippen molar-refractivity contribution in [3.05, 3.63) is 114 Å². The van der Waals surface area contributed by atoms with E-state index in [1.807, 2.05) is 97.1 Å². The second kappa shape index (κ2) is 14.0. The molecule has 0 spiro atoms. The number of ether oxygens (including phenoxy) is 1. The summed E-state index contributed by atoms with van der Waals surface area (Å²) in [5.41, 5.74) is 2.68. The first-order valence-electron chi connectivity index (χ1n) is 15.9. The van der Waals surface area contributed by atoms with Gasteiger partial charge in [-0.25, -0.2) is 4.79 Å². The van der Waals surface area contributed by atoms with Gasteiger partial charge in [0.25, 0.3) is 5.91 Å². The molecule has 2 unspecified atom stereocenters. The molecule has 1 aliphatic carbocycles. The van der Waals surface area contributed by atoms with Crippen LogP contribution in [-0.2, 0) is 27.2 Å². The predicted molar refractivity (Wildman–Crippen MR) is 179 cm³/mol. The van der Waals surface area contributed by atoms with E-state index in [1.165, 1.54) is 0 Å². The molecule has 7 nitrogen and oxygen atoms in total. The Bertz CT molecular complexity index is 1620. The number of nitrogens with zero attached hydrogens (tertiary/aromatic N) is 1. The smallest absolute Gasteiger partial charge is 0.408 e. The van der Waals surface area contributed by atoms with Crippen molar-refractivity contribution in [2.24, 2.45) is 0 Å². The summed E-state index contributed by atoms with van der Waals surface area (Å²) in [6.45, 7) is 7.44. The minimum Gasteiger partial charge on any atom is -0.444 e. The summed E-state index contributed by atoms with van der Waals surface area (Å²) >= 11 is 0. The van der Waals surface area contributed by atoms with Crippen LogP contribution in [0.5, 0.6) is 0 Å². The van der Waals surface area contributed by atoms with E-state index in [4.69, 9.17) is 4.74 Å². The van der Waals surface area contributed by atoms with E-state index < -0.39 is 23.8 Å². The molecule has 1 fully saturated rings. The Labute approximate surface area is 266 Å². The summed E-state index contributed by atoms with van der Waals surface area (Å²) in [4.78, 5) is 43.9. The highest BCUT2D eigenvalue weighted by atomic mass is 16.6. The van der Waals surface area contributed by atoms with Crippen molar-refractivity contribution in [1.82, 2.24) is 10.2 Å². The number of carbonyl (C=O) groups is 3. The molecule has 5 rings (SSSR count). The fourth-order valence-corrected chi connectivity index (χ4v) is 5.71. The zero-order valence-electron chi connectivity index (χ0n) is 26.6. The van der Waals surface area contributed by atoms with Gasteiger partial charge in [0, 0.05) is 18.2 Å². The second-order valence-corrected chi connectivity index (χ2v) is 12.8. The van der Waals surface area contributed by atoms with Crippen LogP contribution >= 0.6 is 0 Å². The van der Waals surface area contributed by atoms with Gasteiger partial charge in [0.15, 0.2) is 0 Å². The van der Waals surface area contributed by atoms with Gasteiger partial charge in [-0.3, -0.25) is 9.59 Å². The van der Waals surface area contributed by atoms with Gasteiger partial charge >= 0.3 is 6.09 Å². The lowest BCUT2D eigenvalue weighted by Gasteiger charge is -2.43. The van der Waals surface area contributed by atoms with Gasteiger partial charge in [-0.2, -0.15) is 0 Å². The first-order valence-corrected chi connectivity index (χ1v) is 15.9. The van der Waals surface area contributed by atoms with Gasteiger partial charge < -0.3 is 20.3 Å². The molecule has 0 saturated heterocycles. The molecule has 1 aliphatic rings. The van der Waals surface area contributed by atoms with Gasteiger partial charge in [-0.15, -0.1) is 0 Å². The Kier molecular flexibility index (Phi) is 9.87. The van der Waals surface area contributed by atoms with Gasteiger partial charge in [0.05, 0.1) is 0 Å². The fraction of sp³-hybridized carbons (Fsp3) is 0.342. The molecule has 45 heavy (non-hydrogen) atoms. The van der Waals surface area contributed by atoms with Gasteiger partial charge in [-0.1, -0.05) is 91.9 Å². The number of carbonyl (C=O) groups excluding carboxylic acids is 3. The Morgan fingerprint density at radius 3 is 2.13 bits per heavy atom.